The molecule has 0 N–H and O–H groups in total. The lowest BCUT2D eigenvalue weighted by atomic mass is 9.55. The zero-order chi connectivity index (χ0) is 18.8. The quantitative estimate of drug-likeness (QED) is 0.760. The molecule has 3 aliphatic carbocycles. The Kier molecular flexibility index (Phi) is 3.54. The number of nitrogens with zero attached hydrogens (tertiary/aromatic N) is 2. The number of carbonyl (C=O) groups is 2. The van der Waals surface area contributed by atoms with E-state index < -0.39 is 0 Å². The van der Waals surface area contributed by atoms with Gasteiger partial charge in [-0.15, -0.1) is 0 Å². The fourth-order valence-corrected chi connectivity index (χ4v) is 6.18. The number of carbonyl (C=O) groups excluding carboxylic acids is 2. The monoisotopic (exact) mass is 372 g/mol. The van der Waals surface area contributed by atoms with E-state index >= 15 is 0 Å². The Morgan fingerprint density at radius 2 is 1.11 bits per heavy atom. The van der Waals surface area contributed by atoms with Gasteiger partial charge in [-0.25, -0.2) is 0 Å². The number of imide groups is 1. The van der Waals surface area contributed by atoms with Crippen molar-refractivity contribution in [3.63, 3.8) is 0 Å². The molecular weight excluding hydrogens is 348 g/mol. The lowest BCUT2D eigenvalue weighted by Crippen LogP contribution is -2.44. The maximum absolute atomic E-state index is 13.5. The Balaban J connectivity index is 1.45. The largest absolute Gasteiger partial charge is 0.286 e. The minimum atomic E-state index is -0.243. The molecule has 0 unspecified atom stereocenters. The number of rotatable bonds is 2. The van der Waals surface area contributed by atoms with E-state index in [1.807, 2.05) is 0 Å². The first-order valence-electron chi connectivity index (χ1n) is 10.5. The summed E-state index contributed by atoms with van der Waals surface area (Å²) in [5.74, 6) is -0.395. The van der Waals surface area contributed by atoms with Gasteiger partial charge in [-0.2, -0.15) is 0 Å². The Morgan fingerprint density at radius 1 is 0.679 bits per heavy atom. The summed E-state index contributed by atoms with van der Waals surface area (Å²) in [7, 11) is 0. The van der Waals surface area contributed by atoms with Crippen LogP contribution in [0.2, 0.25) is 0 Å². The molecule has 2 aromatic rings. The Labute approximate surface area is 165 Å². The fourth-order valence-electron chi connectivity index (χ4n) is 6.18. The first-order valence-corrected chi connectivity index (χ1v) is 10.5. The van der Waals surface area contributed by atoms with E-state index in [4.69, 9.17) is 0 Å². The van der Waals surface area contributed by atoms with Crippen molar-refractivity contribution < 1.29 is 9.59 Å². The molecule has 0 radical (unpaired) electrons. The van der Waals surface area contributed by atoms with Crippen LogP contribution in [-0.4, -0.2) is 41.4 Å². The third kappa shape index (κ3) is 2.10. The van der Waals surface area contributed by atoms with Crippen LogP contribution in [0, 0.1) is 11.8 Å². The van der Waals surface area contributed by atoms with Crippen LogP contribution >= 0.6 is 0 Å². The van der Waals surface area contributed by atoms with Gasteiger partial charge in [0.15, 0.2) is 0 Å². The molecule has 2 bridgehead atoms. The highest BCUT2D eigenvalue weighted by Crippen LogP contribution is 2.60. The predicted octanol–water partition coefficient (Wildman–Crippen LogP) is 3.32. The average Bonchev–Trinajstić information content (AvgIpc) is 3.00. The van der Waals surface area contributed by atoms with Gasteiger partial charge in [-0.3, -0.25) is 19.4 Å². The van der Waals surface area contributed by atoms with E-state index in [0.717, 1.165) is 25.9 Å². The molecule has 4 nitrogen and oxygen atoms in total. The molecule has 2 amide bonds. The van der Waals surface area contributed by atoms with Crippen molar-refractivity contribution in [3.05, 3.63) is 70.8 Å². The average molecular weight is 372 g/mol. The van der Waals surface area contributed by atoms with E-state index in [-0.39, 0.29) is 35.5 Å². The van der Waals surface area contributed by atoms with Gasteiger partial charge in [0, 0.05) is 11.8 Å². The maximum atomic E-state index is 13.5. The molecule has 2 fully saturated rings. The van der Waals surface area contributed by atoms with E-state index in [0.29, 0.717) is 6.67 Å². The Bertz CT molecular complexity index is 863. The second-order valence-corrected chi connectivity index (χ2v) is 8.69. The fraction of sp³-hybridized carbons (Fsp3) is 0.417. The normalized spacial score (nSPS) is 30.9. The van der Waals surface area contributed by atoms with E-state index in [1.54, 1.807) is 4.90 Å². The zero-order valence-corrected chi connectivity index (χ0v) is 15.9. The number of piperidine rings is 1. The van der Waals surface area contributed by atoms with Gasteiger partial charge in [-0.1, -0.05) is 55.0 Å². The van der Waals surface area contributed by atoms with Crippen molar-refractivity contribution in [1.29, 1.82) is 0 Å². The van der Waals surface area contributed by atoms with E-state index in [1.165, 1.54) is 28.7 Å². The summed E-state index contributed by atoms with van der Waals surface area (Å²) in [6.45, 7) is 2.44. The number of likely N-dealkylation sites (tertiary alicyclic amines) is 2. The van der Waals surface area contributed by atoms with Crippen LogP contribution in [0.5, 0.6) is 0 Å². The maximum Gasteiger partial charge on any atom is 0.235 e. The summed E-state index contributed by atoms with van der Waals surface area (Å²) in [6.07, 6.45) is 3.56. The molecule has 0 saturated carbocycles. The zero-order valence-electron chi connectivity index (χ0n) is 15.9. The van der Waals surface area contributed by atoms with Crippen molar-refractivity contribution in [1.82, 2.24) is 9.80 Å². The molecule has 4 heteroatoms. The first-order chi connectivity index (χ1) is 13.8. The second kappa shape index (κ2) is 6.02. The predicted molar refractivity (Wildman–Crippen MR) is 106 cm³/mol. The van der Waals surface area contributed by atoms with Crippen LogP contribution in [0.1, 0.15) is 53.4 Å². The molecular formula is C24H24N2O2. The highest BCUT2D eigenvalue weighted by atomic mass is 16.2. The smallest absolute Gasteiger partial charge is 0.235 e. The van der Waals surface area contributed by atoms with Crippen molar-refractivity contribution in [2.45, 2.75) is 31.1 Å². The van der Waals surface area contributed by atoms with Crippen molar-refractivity contribution in [2.75, 3.05) is 19.8 Å². The van der Waals surface area contributed by atoms with Gasteiger partial charge in [0.2, 0.25) is 11.8 Å². The minimum absolute atomic E-state index is 0.00482. The topological polar surface area (TPSA) is 40.6 Å². The SMILES string of the molecule is O=C1[C@H]2C3c4ccccc4C(c4ccccc43)[C@@H]2C(=O)N1CN1CCCCC1. The number of amides is 2. The summed E-state index contributed by atoms with van der Waals surface area (Å²) in [5.41, 5.74) is 4.98. The van der Waals surface area contributed by atoms with Crippen LogP contribution in [0.4, 0.5) is 0 Å². The molecule has 2 heterocycles. The molecule has 7 rings (SSSR count). The molecule has 142 valence electrons. The molecule has 0 spiro atoms. The molecule has 2 saturated heterocycles. The number of benzene rings is 2. The highest BCUT2D eigenvalue weighted by molar-refractivity contribution is 6.07. The molecule has 5 aliphatic rings. The summed E-state index contributed by atoms with van der Waals surface area (Å²) in [4.78, 5) is 30.9. The van der Waals surface area contributed by atoms with Crippen LogP contribution < -0.4 is 0 Å². The van der Waals surface area contributed by atoms with Crippen molar-refractivity contribution in [3.8, 4) is 0 Å². The third-order valence-corrected chi connectivity index (χ3v) is 7.33. The summed E-state index contributed by atoms with van der Waals surface area (Å²) < 4.78 is 0. The summed E-state index contributed by atoms with van der Waals surface area (Å²) in [5, 5.41) is 0. The van der Waals surface area contributed by atoms with E-state index in [9.17, 15) is 9.59 Å². The molecule has 2 aromatic carbocycles. The minimum Gasteiger partial charge on any atom is -0.286 e. The van der Waals surface area contributed by atoms with Crippen LogP contribution in [-0.2, 0) is 9.59 Å². The highest BCUT2D eigenvalue weighted by Gasteiger charge is 2.61. The summed E-state index contributed by atoms with van der Waals surface area (Å²) >= 11 is 0. The van der Waals surface area contributed by atoms with Crippen LogP contribution in [0.3, 0.4) is 0 Å². The lowest BCUT2D eigenvalue weighted by Gasteiger charge is -2.45. The lowest BCUT2D eigenvalue weighted by molar-refractivity contribution is -0.142. The van der Waals surface area contributed by atoms with Gasteiger partial charge < -0.3 is 0 Å². The Morgan fingerprint density at radius 3 is 1.54 bits per heavy atom. The number of hydrogen-bond acceptors (Lipinski definition) is 3. The Hall–Kier alpha value is -2.46. The molecule has 2 aliphatic heterocycles. The van der Waals surface area contributed by atoms with Gasteiger partial charge in [0.1, 0.15) is 0 Å². The standard InChI is InChI=1S/C24H24N2O2/c27-23-21-19-15-8-2-3-9-16(15)20(18-11-5-4-10-17(18)19)22(21)24(28)26(23)14-25-12-6-1-7-13-25/h2-5,8-11,19-22H,1,6-7,12-14H2/t19?,20?,21-,22-/m0/s1. The molecule has 0 aromatic heterocycles. The van der Waals surface area contributed by atoms with Crippen molar-refractivity contribution in [2.24, 2.45) is 11.8 Å². The van der Waals surface area contributed by atoms with Gasteiger partial charge >= 0.3 is 0 Å². The van der Waals surface area contributed by atoms with Crippen molar-refractivity contribution >= 4 is 11.8 Å². The van der Waals surface area contributed by atoms with Crippen LogP contribution in [0.25, 0.3) is 0 Å². The van der Waals surface area contributed by atoms with E-state index in [2.05, 4.69) is 53.4 Å². The third-order valence-electron chi connectivity index (χ3n) is 7.33. The van der Waals surface area contributed by atoms with Gasteiger partial charge in [0.25, 0.3) is 0 Å². The van der Waals surface area contributed by atoms with Gasteiger partial charge in [-0.05, 0) is 48.2 Å². The van der Waals surface area contributed by atoms with Crippen LogP contribution in [0.15, 0.2) is 48.5 Å². The molecule has 28 heavy (non-hydrogen) atoms. The molecule has 2 atom stereocenters. The first kappa shape index (κ1) is 16.5. The second-order valence-electron chi connectivity index (χ2n) is 8.69. The van der Waals surface area contributed by atoms with Gasteiger partial charge in [0.05, 0.1) is 18.5 Å². The summed E-state index contributed by atoms with van der Waals surface area (Å²) in [6, 6.07) is 16.9. The number of hydrogen-bond donors (Lipinski definition) is 0.